The van der Waals surface area contributed by atoms with E-state index in [-0.39, 0.29) is 43.6 Å². The van der Waals surface area contributed by atoms with Crippen LogP contribution >= 0.6 is 0 Å². The third kappa shape index (κ3) is 12.0. The molecule has 10 N–H and O–H groups in total. The molecule has 0 spiro atoms. The largest absolute Gasteiger partial charge is 0.480 e. The van der Waals surface area contributed by atoms with E-state index >= 15 is 0 Å². The molecule has 0 aliphatic rings. The Labute approximate surface area is 224 Å². The SMILES string of the molecule is CC(C)CC(NC(=O)C(Cc1ccccc1)NC(=O)C(N)C(C)C)C(=O)NC(CCCN=C(N)N)C(=O)O. The van der Waals surface area contributed by atoms with Crippen LogP contribution in [0.5, 0.6) is 0 Å². The molecule has 0 fully saturated rings. The number of nitrogens with two attached hydrogens (primary N) is 3. The molecule has 4 unspecified atom stereocenters. The third-order valence-electron chi connectivity index (χ3n) is 5.84. The van der Waals surface area contributed by atoms with Crippen LogP contribution in [0.15, 0.2) is 35.3 Å². The van der Waals surface area contributed by atoms with Crippen LogP contribution in [0.3, 0.4) is 0 Å². The number of carboxylic acid groups (broad SMARTS) is 1. The number of carbonyl (C=O) groups excluding carboxylic acids is 3. The summed E-state index contributed by atoms with van der Waals surface area (Å²) in [6.45, 7) is 7.57. The van der Waals surface area contributed by atoms with Gasteiger partial charge in [-0.2, -0.15) is 0 Å². The number of amides is 3. The number of aliphatic carboxylic acids is 1. The van der Waals surface area contributed by atoms with E-state index in [1.165, 1.54) is 0 Å². The van der Waals surface area contributed by atoms with Crippen molar-refractivity contribution in [3.63, 3.8) is 0 Å². The molecule has 12 heteroatoms. The van der Waals surface area contributed by atoms with Crippen molar-refractivity contribution in [2.45, 2.75) is 77.5 Å². The van der Waals surface area contributed by atoms with Crippen LogP contribution in [0, 0.1) is 11.8 Å². The quantitative estimate of drug-likeness (QED) is 0.0859. The van der Waals surface area contributed by atoms with E-state index in [4.69, 9.17) is 17.2 Å². The van der Waals surface area contributed by atoms with Crippen molar-refractivity contribution in [3.8, 4) is 0 Å². The van der Waals surface area contributed by atoms with Gasteiger partial charge in [-0.1, -0.05) is 58.0 Å². The molecule has 1 rings (SSSR count). The normalized spacial score (nSPS) is 14.2. The van der Waals surface area contributed by atoms with E-state index < -0.39 is 47.9 Å². The molecule has 0 heterocycles. The van der Waals surface area contributed by atoms with Crippen LogP contribution in [-0.4, -0.2) is 65.5 Å². The van der Waals surface area contributed by atoms with Crippen LogP contribution in [-0.2, 0) is 25.6 Å². The highest BCUT2D eigenvalue weighted by molar-refractivity contribution is 5.94. The number of benzene rings is 1. The number of aliphatic imine (C=N–C) groups is 1. The molecule has 0 radical (unpaired) electrons. The van der Waals surface area contributed by atoms with Gasteiger partial charge in [0.15, 0.2) is 5.96 Å². The number of nitrogens with zero attached hydrogens (tertiary/aromatic N) is 1. The molecular weight excluding hydrogens is 490 g/mol. The predicted molar refractivity (Wildman–Crippen MR) is 146 cm³/mol. The molecule has 0 aliphatic carbocycles. The second kappa shape index (κ2) is 16.2. The summed E-state index contributed by atoms with van der Waals surface area (Å²) >= 11 is 0. The summed E-state index contributed by atoms with van der Waals surface area (Å²) in [5.41, 5.74) is 17.4. The smallest absolute Gasteiger partial charge is 0.326 e. The Hall–Kier alpha value is -3.67. The van der Waals surface area contributed by atoms with Crippen molar-refractivity contribution in [2.24, 2.45) is 34.0 Å². The zero-order valence-corrected chi connectivity index (χ0v) is 22.6. The highest BCUT2D eigenvalue weighted by Crippen LogP contribution is 2.10. The molecule has 1 aromatic rings. The summed E-state index contributed by atoms with van der Waals surface area (Å²) in [5, 5.41) is 17.5. The van der Waals surface area contributed by atoms with Gasteiger partial charge < -0.3 is 38.3 Å². The van der Waals surface area contributed by atoms with Crippen LogP contribution in [0.4, 0.5) is 0 Å². The Morgan fingerprint density at radius 2 is 1.42 bits per heavy atom. The van der Waals surface area contributed by atoms with Gasteiger partial charge in [0.2, 0.25) is 17.7 Å². The fourth-order valence-corrected chi connectivity index (χ4v) is 3.64. The number of hydrogen-bond donors (Lipinski definition) is 7. The summed E-state index contributed by atoms with van der Waals surface area (Å²) in [6.07, 6.45) is 0.870. The van der Waals surface area contributed by atoms with Crippen molar-refractivity contribution >= 4 is 29.7 Å². The van der Waals surface area contributed by atoms with E-state index in [2.05, 4.69) is 20.9 Å². The topological polar surface area (TPSA) is 215 Å². The molecule has 4 atom stereocenters. The van der Waals surface area contributed by atoms with Crippen LogP contribution in [0.2, 0.25) is 0 Å². The van der Waals surface area contributed by atoms with Crippen LogP contribution in [0.25, 0.3) is 0 Å². The Balaban J connectivity index is 3.05. The second-order valence-electron chi connectivity index (χ2n) is 10.1. The molecule has 0 aliphatic heterocycles. The lowest BCUT2D eigenvalue weighted by Gasteiger charge is -2.26. The minimum atomic E-state index is -1.21. The lowest BCUT2D eigenvalue weighted by Crippen LogP contribution is -2.58. The first kappa shape index (κ1) is 32.4. The minimum Gasteiger partial charge on any atom is -0.480 e. The average Bonchev–Trinajstić information content (AvgIpc) is 2.84. The number of rotatable bonds is 16. The maximum atomic E-state index is 13.4. The fraction of sp³-hybridized carbons (Fsp3) is 0.577. The molecule has 3 amide bonds. The number of guanidine groups is 1. The van der Waals surface area contributed by atoms with E-state index in [9.17, 15) is 24.3 Å². The van der Waals surface area contributed by atoms with Gasteiger partial charge in [0.1, 0.15) is 18.1 Å². The van der Waals surface area contributed by atoms with Crippen LogP contribution in [0.1, 0.15) is 52.5 Å². The third-order valence-corrected chi connectivity index (χ3v) is 5.84. The maximum absolute atomic E-state index is 13.4. The second-order valence-corrected chi connectivity index (χ2v) is 10.1. The van der Waals surface area contributed by atoms with E-state index in [0.717, 1.165) is 5.56 Å². The summed E-state index contributed by atoms with van der Waals surface area (Å²) in [5.74, 6) is -3.14. The summed E-state index contributed by atoms with van der Waals surface area (Å²) in [7, 11) is 0. The van der Waals surface area contributed by atoms with E-state index in [1.54, 1.807) is 13.8 Å². The number of carboxylic acids is 1. The molecule has 0 bridgehead atoms. The van der Waals surface area contributed by atoms with Crippen molar-refractivity contribution in [2.75, 3.05) is 6.54 Å². The van der Waals surface area contributed by atoms with Gasteiger partial charge in [-0.15, -0.1) is 0 Å². The average molecular weight is 534 g/mol. The number of nitrogens with one attached hydrogen (secondary N) is 3. The van der Waals surface area contributed by atoms with Gasteiger partial charge in [0, 0.05) is 13.0 Å². The summed E-state index contributed by atoms with van der Waals surface area (Å²) < 4.78 is 0. The van der Waals surface area contributed by atoms with Crippen LogP contribution < -0.4 is 33.2 Å². The summed E-state index contributed by atoms with van der Waals surface area (Å²) in [6, 6.07) is 5.12. The molecule has 0 saturated carbocycles. The highest BCUT2D eigenvalue weighted by atomic mass is 16.4. The number of carbonyl (C=O) groups is 4. The molecule has 12 nitrogen and oxygen atoms in total. The van der Waals surface area contributed by atoms with E-state index in [1.807, 2.05) is 44.2 Å². The standard InChI is InChI=1S/C26H43N7O5/c1-15(2)13-19(22(34)31-18(25(37)38)11-8-12-30-26(28)29)32-23(35)20(14-17-9-6-5-7-10-17)33-24(36)21(27)16(3)4/h5-7,9-10,15-16,18-21H,8,11-14,27H2,1-4H3,(H,31,34)(H,32,35)(H,33,36)(H,37,38)(H4,28,29,30). The summed E-state index contributed by atoms with van der Waals surface area (Å²) in [4.78, 5) is 54.7. The maximum Gasteiger partial charge on any atom is 0.326 e. The Bertz CT molecular complexity index is 949. The molecule has 0 aromatic heterocycles. The zero-order valence-electron chi connectivity index (χ0n) is 22.6. The predicted octanol–water partition coefficient (Wildman–Crippen LogP) is -0.149. The van der Waals surface area contributed by atoms with Gasteiger partial charge in [-0.25, -0.2) is 4.79 Å². The van der Waals surface area contributed by atoms with E-state index in [0.29, 0.717) is 6.42 Å². The number of hydrogen-bond acceptors (Lipinski definition) is 6. The Kier molecular flexibility index (Phi) is 13.8. The Morgan fingerprint density at radius 3 is 1.95 bits per heavy atom. The monoisotopic (exact) mass is 533 g/mol. The lowest BCUT2D eigenvalue weighted by molar-refractivity contribution is -0.142. The first-order valence-electron chi connectivity index (χ1n) is 12.8. The van der Waals surface area contributed by atoms with Crippen molar-refractivity contribution in [1.82, 2.24) is 16.0 Å². The molecular formula is C26H43N7O5. The first-order valence-corrected chi connectivity index (χ1v) is 12.8. The highest BCUT2D eigenvalue weighted by Gasteiger charge is 2.31. The van der Waals surface area contributed by atoms with Gasteiger partial charge in [0.05, 0.1) is 6.04 Å². The zero-order chi connectivity index (χ0) is 28.8. The molecule has 38 heavy (non-hydrogen) atoms. The lowest BCUT2D eigenvalue weighted by atomic mass is 9.99. The van der Waals surface area contributed by atoms with Gasteiger partial charge >= 0.3 is 5.97 Å². The molecule has 212 valence electrons. The van der Waals surface area contributed by atoms with Crippen molar-refractivity contribution in [1.29, 1.82) is 0 Å². The van der Waals surface area contributed by atoms with Crippen molar-refractivity contribution < 1.29 is 24.3 Å². The Morgan fingerprint density at radius 1 is 0.868 bits per heavy atom. The van der Waals surface area contributed by atoms with Gasteiger partial charge in [0.25, 0.3) is 0 Å². The van der Waals surface area contributed by atoms with Crippen molar-refractivity contribution in [3.05, 3.63) is 35.9 Å². The van der Waals surface area contributed by atoms with Gasteiger partial charge in [-0.05, 0) is 36.7 Å². The minimum absolute atomic E-state index is 0.00715. The fourth-order valence-electron chi connectivity index (χ4n) is 3.64. The molecule has 1 aromatic carbocycles. The first-order chi connectivity index (χ1) is 17.8. The molecule has 0 saturated heterocycles. The van der Waals surface area contributed by atoms with Gasteiger partial charge in [-0.3, -0.25) is 19.4 Å².